The van der Waals surface area contributed by atoms with Gasteiger partial charge in [-0.25, -0.2) is 0 Å². The van der Waals surface area contributed by atoms with Crippen molar-refractivity contribution in [3.8, 4) is 0 Å². The fraction of sp³-hybridized carbons (Fsp3) is 0.643. The lowest BCUT2D eigenvalue weighted by Gasteiger charge is -2.25. The molecule has 18 heavy (non-hydrogen) atoms. The predicted octanol–water partition coefficient (Wildman–Crippen LogP) is 2.22. The largest absolute Gasteiger partial charge is 0.469 e. The summed E-state index contributed by atoms with van der Waals surface area (Å²) in [5, 5.41) is 9.49. The Morgan fingerprint density at radius 3 is 3.11 bits per heavy atom. The maximum absolute atomic E-state index is 12.5. The molecule has 1 aliphatic heterocycles. The zero-order valence-corrected chi connectivity index (χ0v) is 11.1. The van der Waals surface area contributed by atoms with Crippen molar-refractivity contribution < 1.29 is 14.3 Å². The number of aliphatic hydroxyl groups is 1. The van der Waals surface area contributed by atoms with Crippen LogP contribution in [0.2, 0.25) is 0 Å². The van der Waals surface area contributed by atoms with Gasteiger partial charge in [-0.3, -0.25) is 4.79 Å². The standard InChI is InChI=1S/C14H21NO3/c1-3-13-12(6-8-18-13)14(17)15-7-4-5-11(15)9-10(2)16/h6,8,10-11,16H,3-5,7,9H2,1-2H3. The number of aliphatic hydroxyl groups excluding tert-OH is 1. The Labute approximate surface area is 108 Å². The summed E-state index contributed by atoms with van der Waals surface area (Å²) in [6, 6.07) is 1.91. The number of hydrogen-bond acceptors (Lipinski definition) is 3. The highest BCUT2D eigenvalue weighted by molar-refractivity contribution is 5.95. The van der Waals surface area contributed by atoms with Gasteiger partial charge in [0.15, 0.2) is 0 Å². The van der Waals surface area contributed by atoms with Crippen LogP contribution in [0.3, 0.4) is 0 Å². The smallest absolute Gasteiger partial charge is 0.257 e. The molecule has 100 valence electrons. The summed E-state index contributed by atoms with van der Waals surface area (Å²) >= 11 is 0. The van der Waals surface area contributed by atoms with E-state index in [0.29, 0.717) is 12.0 Å². The van der Waals surface area contributed by atoms with Crippen LogP contribution in [0.1, 0.15) is 49.2 Å². The lowest BCUT2D eigenvalue weighted by atomic mass is 10.1. The average molecular weight is 251 g/mol. The summed E-state index contributed by atoms with van der Waals surface area (Å²) in [6.07, 6.45) is 4.59. The molecule has 2 rings (SSSR count). The summed E-state index contributed by atoms with van der Waals surface area (Å²) in [6.45, 7) is 4.54. The van der Waals surface area contributed by atoms with Crippen molar-refractivity contribution in [2.45, 2.75) is 51.7 Å². The summed E-state index contributed by atoms with van der Waals surface area (Å²) in [4.78, 5) is 14.3. The molecule has 1 amide bonds. The minimum absolute atomic E-state index is 0.0451. The highest BCUT2D eigenvalue weighted by Gasteiger charge is 2.31. The van der Waals surface area contributed by atoms with Gasteiger partial charge in [-0.2, -0.15) is 0 Å². The number of nitrogens with zero attached hydrogens (tertiary/aromatic N) is 1. The van der Waals surface area contributed by atoms with E-state index in [2.05, 4.69) is 0 Å². The molecule has 0 spiro atoms. The molecule has 1 aromatic heterocycles. The van der Waals surface area contributed by atoms with Gasteiger partial charge in [0.05, 0.1) is 17.9 Å². The minimum Gasteiger partial charge on any atom is -0.469 e. The third-order valence-corrected chi connectivity index (χ3v) is 3.55. The van der Waals surface area contributed by atoms with Crippen LogP contribution < -0.4 is 0 Å². The summed E-state index contributed by atoms with van der Waals surface area (Å²) < 4.78 is 5.31. The van der Waals surface area contributed by atoms with E-state index in [1.807, 2.05) is 11.8 Å². The molecule has 2 heterocycles. The topological polar surface area (TPSA) is 53.7 Å². The van der Waals surface area contributed by atoms with E-state index in [9.17, 15) is 9.90 Å². The number of furan rings is 1. The van der Waals surface area contributed by atoms with Crippen LogP contribution >= 0.6 is 0 Å². The van der Waals surface area contributed by atoms with Crippen LogP contribution in [0.25, 0.3) is 0 Å². The van der Waals surface area contributed by atoms with Crippen molar-refractivity contribution in [3.05, 3.63) is 23.7 Å². The first-order valence-electron chi connectivity index (χ1n) is 6.68. The molecule has 1 fully saturated rings. The second-order valence-electron chi connectivity index (χ2n) is 4.99. The summed E-state index contributed by atoms with van der Waals surface area (Å²) in [7, 11) is 0. The van der Waals surface area contributed by atoms with E-state index >= 15 is 0 Å². The molecule has 0 aromatic carbocycles. The van der Waals surface area contributed by atoms with Crippen molar-refractivity contribution in [2.75, 3.05) is 6.54 Å². The number of aryl methyl sites for hydroxylation is 1. The highest BCUT2D eigenvalue weighted by Crippen LogP contribution is 2.25. The Hall–Kier alpha value is -1.29. The quantitative estimate of drug-likeness (QED) is 0.892. The Morgan fingerprint density at radius 1 is 1.67 bits per heavy atom. The van der Waals surface area contributed by atoms with Gasteiger partial charge in [0.25, 0.3) is 5.91 Å². The predicted molar refractivity (Wildman–Crippen MR) is 68.4 cm³/mol. The molecular formula is C14H21NO3. The van der Waals surface area contributed by atoms with Crippen molar-refractivity contribution in [3.63, 3.8) is 0 Å². The summed E-state index contributed by atoms with van der Waals surface area (Å²) in [5.74, 6) is 0.798. The van der Waals surface area contributed by atoms with Gasteiger partial charge in [-0.1, -0.05) is 6.92 Å². The summed E-state index contributed by atoms with van der Waals surface area (Å²) in [5.41, 5.74) is 0.676. The molecule has 4 nitrogen and oxygen atoms in total. The third-order valence-electron chi connectivity index (χ3n) is 3.55. The first kappa shape index (κ1) is 13.1. The zero-order chi connectivity index (χ0) is 13.1. The SMILES string of the molecule is CCc1occc1C(=O)N1CCCC1CC(C)O. The first-order chi connectivity index (χ1) is 8.63. The fourth-order valence-electron chi connectivity index (χ4n) is 2.70. The number of carbonyl (C=O) groups is 1. The van der Waals surface area contributed by atoms with E-state index in [-0.39, 0.29) is 18.1 Å². The molecule has 1 saturated heterocycles. The number of amides is 1. The van der Waals surface area contributed by atoms with E-state index in [1.54, 1.807) is 19.3 Å². The van der Waals surface area contributed by atoms with Gasteiger partial charge in [-0.15, -0.1) is 0 Å². The van der Waals surface area contributed by atoms with E-state index in [1.165, 1.54) is 0 Å². The normalized spacial score (nSPS) is 21.3. The van der Waals surface area contributed by atoms with Crippen LogP contribution in [0.5, 0.6) is 0 Å². The number of likely N-dealkylation sites (tertiary alicyclic amines) is 1. The maximum Gasteiger partial charge on any atom is 0.257 e. The van der Waals surface area contributed by atoms with Crippen molar-refractivity contribution in [2.24, 2.45) is 0 Å². The van der Waals surface area contributed by atoms with Crippen LogP contribution in [-0.2, 0) is 6.42 Å². The van der Waals surface area contributed by atoms with Gasteiger partial charge < -0.3 is 14.4 Å². The fourth-order valence-corrected chi connectivity index (χ4v) is 2.70. The lowest BCUT2D eigenvalue weighted by Crippen LogP contribution is -2.37. The van der Waals surface area contributed by atoms with Gasteiger partial charge in [0.2, 0.25) is 0 Å². The third kappa shape index (κ3) is 2.58. The molecule has 0 radical (unpaired) electrons. The average Bonchev–Trinajstić information content (AvgIpc) is 2.95. The Kier molecular flexibility index (Phi) is 4.07. The van der Waals surface area contributed by atoms with Crippen LogP contribution in [0.4, 0.5) is 0 Å². The van der Waals surface area contributed by atoms with E-state index < -0.39 is 0 Å². The van der Waals surface area contributed by atoms with Crippen LogP contribution in [0.15, 0.2) is 16.7 Å². The number of carbonyl (C=O) groups excluding carboxylic acids is 1. The maximum atomic E-state index is 12.5. The molecular weight excluding hydrogens is 230 g/mol. The second-order valence-corrected chi connectivity index (χ2v) is 4.99. The highest BCUT2D eigenvalue weighted by atomic mass is 16.3. The molecule has 1 aliphatic rings. The van der Waals surface area contributed by atoms with Crippen molar-refractivity contribution in [1.82, 2.24) is 4.90 Å². The molecule has 2 atom stereocenters. The first-order valence-corrected chi connectivity index (χ1v) is 6.68. The molecule has 2 unspecified atom stereocenters. The van der Waals surface area contributed by atoms with Gasteiger partial charge >= 0.3 is 0 Å². The minimum atomic E-state index is -0.363. The van der Waals surface area contributed by atoms with Gasteiger partial charge in [0.1, 0.15) is 5.76 Å². The van der Waals surface area contributed by atoms with Gasteiger partial charge in [0, 0.05) is 19.0 Å². The second kappa shape index (κ2) is 5.57. The molecule has 1 aromatic rings. The van der Waals surface area contributed by atoms with E-state index in [0.717, 1.165) is 31.6 Å². The Bertz CT molecular complexity index is 411. The van der Waals surface area contributed by atoms with E-state index in [4.69, 9.17) is 4.42 Å². The Morgan fingerprint density at radius 2 is 2.44 bits per heavy atom. The van der Waals surface area contributed by atoms with Crippen LogP contribution in [0, 0.1) is 0 Å². The van der Waals surface area contributed by atoms with Gasteiger partial charge in [-0.05, 0) is 32.3 Å². The Balaban J connectivity index is 2.13. The number of rotatable bonds is 4. The molecule has 1 N–H and O–H groups in total. The number of hydrogen-bond donors (Lipinski definition) is 1. The molecule has 0 aliphatic carbocycles. The van der Waals surface area contributed by atoms with Crippen molar-refractivity contribution in [1.29, 1.82) is 0 Å². The lowest BCUT2D eigenvalue weighted by molar-refractivity contribution is 0.0680. The monoisotopic (exact) mass is 251 g/mol. The zero-order valence-electron chi connectivity index (χ0n) is 11.1. The molecule has 0 bridgehead atoms. The van der Waals surface area contributed by atoms with Crippen LogP contribution in [-0.4, -0.2) is 34.6 Å². The van der Waals surface area contributed by atoms with Crippen molar-refractivity contribution >= 4 is 5.91 Å². The molecule has 0 saturated carbocycles. The molecule has 4 heteroatoms.